The molecule has 0 saturated carbocycles. The third-order valence-electron chi connectivity index (χ3n) is 6.63. The summed E-state index contributed by atoms with van der Waals surface area (Å²) in [6.45, 7) is 7.34. The van der Waals surface area contributed by atoms with Crippen LogP contribution >= 0.6 is 0 Å². The molecule has 0 radical (unpaired) electrons. The Morgan fingerprint density at radius 3 is 2.17 bits per heavy atom. The van der Waals surface area contributed by atoms with Crippen LogP contribution in [0.1, 0.15) is 38.3 Å². The number of aromatic amines is 1. The Morgan fingerprint density at radius 1 is 0.891 bits per heavy atom. The number of hydrogen-bond acceptors (Lipinski definition) is 10. The van der Waals surface area contributed by atoms with Gasteiger partial charge in [0, 0.05) is 44.2 Å². The van der Waals surface area contributed by atoms with Gasteiger partial charge in [-0.25, -0.2) is 9.59 Å². The number of amides is 3. The maximum atomic E-state index is 12.1. The molecule has 0 spiro atoms. The van der Waals surface area contributed by atoms with E-state index in [1.54, 1.807) is 14.0 Å². The second kappa shape index (κ2) is 20.1. The van der Waals surface area contributed by atoms with Crippen molar-refractivity contribution in [2.75, 3.05) is 63.3 Å². The lowest BCUT2D eigenvalue weighted by Crippen LogP contribution is -2.31. The van der Waals surface area contributed by atoms with Gasteiger partial charge in [0.15, 0.2) is 0 Å². The van der Waals surface area contributed by atoms with Crippen LogP contribution in [0, 0.1) is 6.92 Å². The van der Waals surface area contributed by atoms with Crippen molar-refractivity contribution in [3.63, 3.8) is 0 Å². The van der Waals surface area contributed by atoms with Gasteiger partial charge in [0.1, 0.15) is 19.0 Å². The molecule has 46 heavy (non-hydrogen) atoms. The minimum absolute atomic E-state index is 0.111. The van der Waals surface area contributed by atoms with Crippen molar-refractivity contribution < 1.29 is 23.8 Å². The van der Waals surface area contributed by atoms with E-state index in [1.165, 1.54) is 6.07 Å². The summed E-state index contributed by atoms with van der Waals surface area (Å²) in [4.78, 5) is 44.1. The molecule has 0 atom stereocenters. The first-order valence-corrected chi connectivity index (χ1v) is 15.4. The fourth-order valence-electron chi connectivity index (χ4n) is 4.25. The first-order chi connectivity index (χ1) is 22.4. The molecule has 3 amide bonds. The van der Waals surface area contributed by atoms with Crippen molar-refractivity contribution >= 4 is 35.1 Å². The predicted octanol–water partition coefficient (Wildman–Crippen LogP) is 5.45. The Morgan fingerprint density at radius 2 is 1.54 bits per heavy atom. The first-order valence-electron chi connectivity index (χ1n) is 15.4. The third-order valence-corrected chi connectivity index (χ3v) is 6.63. The molecule has 0 saturated heterocycles. The lowest BCUT2D eigenvalue weighted by Gasteiger charge is -2.23. The van der Waals surface area contributed by atoms with Crippen molar-refractivity contribution in [2.45, 2.75) is 39.5 Å². The number of nitrogens with one attached hydrogen (secondary N) is 4. The van der Waals surface area contributed by atoms with Crippen LogP contribution < -0.4 is 31.1 Å². The molecule has 2 aromatic carbocycles. The number of azo groups is 1. The minimum Gasteiger partial charge on any atom is -0.491 e. The summed E-state index contributed by atoms with van der Waals surface area (Å²) in [5.74, 6) is 0.863. The molecule has 248 valence electrons. The summed E-state index contributed by atoms with van der Waals surface area (Å²) in [6, 6.07) is 16.0. The van der Waals surface area contributed by atoms with E-state index in [2.05, 4.69) is 41.0 Å². The summed E-state index contributed by atoms with van der Waals surface area (Å²) >= 11 is 0. The van der Waals surface area contributed by atoms with Crippen LogP contribution in [-0.2, 0) is 9.47 Å². The molecular weight excluding hydrogens is 592 g/mol. The van der Waals surface area contributed by atoms with Crippen LogP contribution in [0.5, 0.6) is 5.75 Å². The summed E-state index contributed by atoms with van der Waals surface area (Å²) in [5.41, 5.74) is 2.64. The zero-order valence-electron chi connectivity index (χ0n) is 26.7. The van der Waals surface area contributed by atoms with Gasteiger partial charge in [-0.1, -0.05) is 12.8 Å². The molecule has 4 N–H and O–H groups in total. The number of H-pyrrole nitrogens is 1. The fourth-order valence-corrected chi connectivity index (χ4v) is 4.25. The Kier molecular flexibility index (Phi) is 15.5. The monoisotopic (exact) mass is 636 g/mol. The molecule has 0 aliphatic heterocycles. The smallest absolute Gasteiger partial charge is 0.407 e. The average molecular weight is 637 g/mol. The highest BCUT2D eigenvalue weighted by molar-refractivity contribution is 5.87. The number of likely N-dealkylation sites (N-methyl/N-ethyl adjacent to an activating group) is 1. The molecule has 3 aromatic rings. The van der Waals surface area contributed by atoms with E-state index in [4.69, 9.17) is 14.2 Å². The van der Waals surface area contributed by atoms with E-state index in [-0.39, 0.29) is 12.6 Å². The van der Waals surface area contributed by atoms with Crippen LogP contribution in [0.3, 0.4) is 0 Å². The van der Waals surface area contributed by atoms with Crippen molar-refractivity contribution in [1.82, 2.24) is 20.6 Å². The maximum absolute atomic E-state index is 12.1. The molecule has 1 aromatic heterocycles. The maximum Gasteiger partial charge on any atom is 0.407 e. The van der Waals surface area contributed by atoms with Gasteiger partial charge in [-0.2, -0.15) is 15.2 Å². The summed E-state index contributed by atoms with van der Waals surface area (Å²) < 4.78 is 15.9. The van der Waals surface area contributed by atoms with Gasteiger partial charge in [-0.15, -0.1) is 0 Å². The molecule has 0 bridgehead atoms. The predicted molar refractivity (Wildman–Crippen MR) is 177 cm³/mol. The van der Waals surface area contributed by atoms with Crippen molar-refractivity contribution in [3.8, 4) is 5.75 Å². The van der Waals surface area contributed by atoms with E-state index in [0.29, 0.717) is 38.5 Å². The molecule has 3 rings (SSSR count). The average Bonchev–Trinajstić information content (AvgIpc) is 3.04. The number of aryl methyl sites for hydroxylation is 1. The number of methoxy groups -OCH3 is 1. The van der Waals surface area contributed by atoms with Gasteiger partial charge in [0.2, 0.25) is 5.95 Å². The SMILES string of the molecule is CCN(CCOC(=O)NCCCCCCNC(=O)Nc1nc(=O)cc(C)[nH]1)c1ccc(/N=N/c2ccc(OCCOC)cc2)cc1. The highest BCUT2D eigenvalue weighted by Crippen LogP contribution is 2.23. The fraction of sp³-hybridized carbons (Fsp3) is 0.438. The number of carbonyl (C=O) groups is 2. The molecular formula is C32H44N8O6. The Hall–Kier alpha value is -4.98. The van der Waals surface area contributed by atoms with Gasteiger partial charge >= 0.3 is 12.1 Å². The number of carbonyl (C=O) groups excluding carboxylic acids is 2. The van der Waals surface area contributed by atoms with Crippen LogP contribution in [0.4, 0.5) is 32.6 Å². The number of anilines is 2. The normalized spacial score (nSPS) is 10.8. The first kappa shape index (κ1) is 35.5. The van der Waals surface area contributed by atoms with E-state index in [9.17, 15) is 14.4 Å². The Labute approximate surface area is 269 Å². The van der Waals surface area contributed by atoms with E-state index in [0.717, 1.165) is 55.0 Å². The molecule has 14 nitrogen and oxygen atoms in total. The number of benzene rings is 2. The highest BCUT2D eigenvalue weighted by Gasteiger charge is 2.08. The summed E-state index contributed by atoms with van der Waals surface area (Å²) in [7, 11) is 1.63. The van der Waals surface area contributed by atoms with Crippen molar-refractivity contribution in [3.05, 3.63) is 70.6 Å². The third kappa shape index (κ3) is 13.8. The minimum atomic E-state index is -0.442. The highest BCUT2D eigenvalue weighted by atomic mass is 16.5. The van der Waals surface area contributed by atoms with Crippen LogP contribution in [0.25, 0.3) is 0 Å². The van der Waals surface area contributed by atoms with E-state index >= 15 is 0 Å². The Balaban J connectivity index is 1.24. The number of aromatic nitrogens is 2. The molecule has 0 aliphatic rings. The van der Waals surface area contributed by atoms with E-state index in [1.807, 2.05) is 55.5 Å². The number of nitrogens with zero attached hydrogens (tertiary/aromatic N) is 4. The number of alkyl carbamates (subject to hydrolysis) is 1. The van der Waals surface area contributed by atoms with Crippen molar-refractivity contribution in [2.24, 2.45) is 10.2 Å². The number of hydrogen-bond donors (Lipinski definition) is 4. The zero-order valence-corrected chi connectivity index (χ0v) is 26.7. The molecule has 0 aliphatic carbocycles. The second-order valence-corrected chi connectivity index (χ2v) is 10.2. The van der Waals surface area contributed by atoms with Gasteiger partial charge in [-0.3, -0.25) is 10.1 Å². The van der Waals surface area contributed by atoms with Crippen LogP contribution in [-0.4, -0.2) is 75.2 Å². The van der Waals surface area contributed by atoms with E-state index < -0.39 is 17.7 Å². The standard InChI is InChI=1S/C32H44N8O6/c1-4-40(27-13-9-25(10-14-27)38-39-26-11-15-28(16-12-26)45-22-21-44-3)19-20-46-32(43)34-18-8-6-5-7-17-33-31(42)37-30-35-24(2)23-29(41)36-30/h9-16,23H,4-8,17-22H2,1-3H3,(H,34,43)(H3,33,35,36,37,41,42)/b39-38+. The molecule has 0 unspecified atom stereocenters. The number of urea groups is 1. The van der Waals surface area contributed by atoms with Crippen LogP contribution in [0.2, 0.25) is 0 Å². The topological polar surface area (TPSA) is 172 Å². The van der Waals surface area contributed by atoms with Crippen molar-refractivity contribution in [1.29, 1.82) is 0 Å². The zero-order chi connectivity index (χ0) is 33.0. The van der Waals surface area contributed by atoms with Gasteiger partial charge in [-0.05, 0) is 75.2 Å². The summed E-state index contributed by atoms with van der Waals surface area (Å²) in [5, 5.41) is 16.6. The largest absolute Gasteiger partial charge is 0.491 e. The Bertz CT molecular complexity index is 1430. The number of rotatable bonds is 19. The lowest BCUT2D eigenvalue weighted by atomic mass is 10.2. The van der Waals surface area contributed by atoms with Gasteiger partial charge in [0.05, 0.1) is 24.5 Å². The molecule has 0 fully saturated rings. The van der Waals surface area contributed by atoms with Gasteiger partial charge < -0.3 is 34.7 Å². The number of unbranched alkanes of at least 4 members (excludes halogenated alkanes) is 3. The van der Waals surface area contributed by atoms with Crippen LogP contribution in [0.15, 0.2) is 69.6 Å². The molecule has 14 heteroatoms. The van der Waals surface area contributed by atoms with Gasteiger partial charge in [0.25, 0.3) is 5.56 Å². The second-order valence-electron chi connectivity index (χ2n) is 10.2. The molecule has 1 heterocycles. The summed E-state index contributed by atoms with van der Waals surface area (Å²) in [6.07, 6.45) is 2.93. The lowest BCUT2D eigenvalue weighted by molar-refractivity contribution is 0.146. The quantitative estimate of drug-likeness (QED) is 0.0993. The number of ether oxygens (including phenoxy) is 3.